The molecule has 3 aromatic heterocycles. The largest absolute Gasteiger partial charge is 0.373 e. The fourth-order valence-corrected chi connectivity index (χ4v) is 7.95. The van der Waals surface area contributed by atoms with E-state index in [-0.39, 0.29) is 68.0 Å². The normalized spacial score (nSPS) is 23.6. The van der Waals surface area contributed by atoms with E-state index in [0.29, 0.717) is 45.6 Å². The molecule has 1 aliphatic carbocycles. The van der Waals surface area contributed by atoms with Crippen LogP contribution in [0.15, 0.2) is 59.5 Å². The lowest BCUT2D eigenvalue weighted by molar-refractivity contribution is -0.138. The number of ether oxygens (including phenoxy) is 1. The smallest absolute Gasteiger partial charge is 0.248 e. The number of likely N-dealkylation sites (tertiary alicyclic amines) is 1. The Morgan fingerprint density at radius 3 is 2.57 bits per heavy atom. The molecule has 4 aromatic rings. The van der Waals surface area contributed by atoms with Crippen molar-refractivity contribution in [2.75, 3.05) is 25.5 Å². The van der Waals surface area contributed by atoms with Crippen molar-refractivity contribution in [1.82, 2.24) is 39.8 Å². The van der Waals surface area contributed by atoms with Crippen molar-refractivity contribution >= 4 is 62.1 Å². The first-order chi connectivity index (χ1) is 25.8. The van der Waals surface area contributed by atoms with Crippen LogP contribution in [-0.4, -0.2) is 102 Å². The first-order valence-electron chi connectivity index (χ1n) is 17.7. The fraction of sp³-hybridized carbons (Fsp3) is 0.395. The molecule has 0 unspecified atom stereocenters. The van der Waals surface area contributed by atoms with Gasteiger partial charge in [0.15, 0.2) is 5.78 Å². The number of aryl methyl sites for hydroxylation is 1. The molecule has 2 aliphatic heterocycles. The number of fused-ring (bicyclic) bond motifs is 3. The highest BCUT2D eigenvalue weighted by Crippen LogP contribution is 2.60. The highest BCUT2D eigenvalue weighted by molar-refractivity contribution is 9.10. The summed E-state index contributed by atoms with van der Waals surface area (Å²) >= 11 is 3.40. The fourth-order valence-electron chi connectivity index (χ4n) is 7.64. The number of benzene rings is 1. The minimum absolute atomic E-state index is 0.139. The van der Waals surface area contributed by atoms with Crippen LogP contribution >= 0.6 is 15.9 Å². The second-order valence-electron chi connectivity index (χ2n) is 14.2. The van der Waals surface area contributed by atoms with Gasteiger partial charge in [-0.05, 0) is 65.9 Å². The summed E-state index contributed by atoms with van der Waals surface area (Å²) < 4.78 is 7.87. The third kappa shape index (κ3) is 7.40. The van der Waals surface area contributed by atoms with Crippen molar-refractivity contribution in [2.24, 2.45) is 5.41 Å². The van der Waals surface area contributed by atoms with Crippen molar-refractivity contribution in [3.63, 3.8) is 0 Å². The molecule has 7 rings (SSSR count). The predicted octanol–water partition coefficient (Wildman–Crippen LogP) is 3.60. The van der Waals surface area contributed by atoms with Gasteiger partial charge >= 0.3 is 0 Å². The van der Waals surface area contributed by atoms with E-state index in [1.807, 2.05) is 18.2 Å². The molecule has 2 N–H and O–H groups in total. The number of nitrogens with zero attached hydrogens (tertiary/aromatic N) is 7. The summed E-state index contributed by atoms with van der Waals surface area (Å²) in [5.74, 6) is -0.697. The van der Waals surface area contributed by atoms with E-state index in [2.05, 4.69) is 46.6 Å². The number of carbonyl (C=O) groups is 5. The predicted molar refractivity (Wildman–Crippen MR) is 201 cm³/mol. The van der Waals surface area contributed by atoms with Crippen LogP contribution in [0.4, 0.5) is 5.82 Å². The number of Topliss-reactive ketones (excluding diaryl/α,β-unsaturated/α-hetero) is 1. The van der Waals surface area contributed by atoms with Crippen molar-refractivity contribution in [2.45, 2.75) is 71.3 Å². The zero-order valence-corrected chi connectivity index (χ0v) is 31.9. The monoisotopic (exact) mass is 797 g/mol. The molecule has 4 amide bonds. The maximum absolute atomic E-state index is 14.5. The Hall–Kier alpha value is -5.35. The van der Waals surface area contributed by atoms with E-state index in [1.165, 1.54) is 18.5 Å². The van der Waals surface area contributed by atoms with Gasteiger partial charge in [0.25, 0.3) is 0 Å². The number of hydrogen-bond acceptors (Lipinski definition) is 10. The van der Waals surface area contributed by atoms with Crippen molar-refractivity contribution in [3.05, 3.63) is 76.6 Å². The van der Waals surface area contributed by atoms with Gasteiger partial charge in [-0.1, -0.05) is 24.3 Å². The molecule has 3 aliphatic rings. The summed E-state index contributed by atoms with van der Waals surface area (Å²) in [5.41, 5.74) is 2.46. The average molecular weight is 799 g/mol. The number of pyridine rings is 1. The molecule has 1 aromatic carbocycles. The molecule has 54 heavy (non-hydrogen) atoms. The third-order valence-electron chi connectivity index (χ3n) is 10.3. The van der Waals surface area contributed by atoms with Gasteiger partial charge in [0.1, 0.15) is 40.6 Å². The Labute approximate surface area is 319 Å². The highest BCUT2D eigenvalue weighted by atomic mass is 79.9. The molecule has 2 bridgehead atoms. The molecule has 1 saturated heterocycles. The minimum atomic E-state index is -0.889. The summed E-state index contributed by atoms with van der Waals surface area (Å²) in [7, 11) is 1.68. The van der Waals surface area contributed by atoms with Crippen LogP contribution in [0.5, 0.6) is 0 Å². The van der Waals surface area contributed by atoms with E-state index in [1.54, 1.807) is 60.4 Å². The Kier molecular flexibility index (Phi) is 10.2. The van der Waals surface area contributed by atoms with Crippen LogP contribution in [-0.2, 0) is 37.1 Å². The number of hydrogen-bond donors (Lipinski definition) is 2. The number of likely N-dealkylation sites (N-methyl/N-ethyl adjacent to an activating group) is 1. The first-order valence-corrected chi connectivity index (χ1v) is 18.5. The lowest BCUT2D eigenvalue weighted by atomic mass is 9.97. The number of piperidine rings is 1. The third-order valence-corrected chi connectivity index (χ3v) is 10.7. The molecule has 5 heterocycles. The first kappa shape index (κ1) is 37.0. The van der Waals surface area contributed by atoms with E-state index in [4.69, 9.17) is 4.74 Å². The van der Waals surface area contributed by atoms with Gasteiger partial charge < -0.3 is 25.2 Å². The molecule has 4 atom stereocenters. The number of amides is 4. The quantitative estimate of drug-likeness (QED) is 0.172. The zero-order valence-electron chi connectivity index (χ0n) is 30.3. The maximum Gasteiger partial charge on any atom is 0.248 e. The Morgan fingerprint density at radius 1 is 1.06 bits per heavy atom. The van der Waals surface area contributed by atoms with Gasteiger partial charge in [0.2, 0.25) is 23.6 Å². The summed E-state index contributed by atoms with van der Waals surface area (Å²) in [6, 6.07) is 7.05. The van der Waals surface area contributed by atoms with Crippen molar-refractivity contribution in [1.29, 1.82) is 0 Å². The molecular formula is C38H40BrN9O6. The van der Waals surface area contributed by atoms with Crippen LogP contribution in [0.1, 0.15) is 55.0 Å². The van der Waals surface area contributed by atoms with Gasteiger partial charge in [0.05, 0.1) is 18.7 Å². The second-order valence-corrected chi connectivity index (χ2v) is 15.0. The lowest BCUT2D eigenvalue weighted by Gasteiger charge is -2.28. The number of aromatic nitrogens is 5. The molecular weight excluding hydrogens is 758 g/mol. The maximum atomic E-state index is 14.5. The summed E-state index contributed by atoms with van der Waals surface area (Å²) in [6.07, 6.45) is 8.15. The number of rotatable bonds is 5. The van der Waals surface area contributed by atoms with Crippen molar-refractivity contribution < 1.29 is 28.7 Å². The summed E-state index contributed by atoms with van der Waals surface area (Å²) in [5, 5.41) is 10.9. The Bertz CT molecular complexity index is 2200. The van der Waals surface area contributed by atoms with Crippen LogP contribution in [0.2, 0.25) is 0 Å². The van der Waals surface area contributed by atoms with Gasteiger partial charge in [-0.2, -0.15) is 5.10 Å². The molecule has 0 radical (unpaired) electrons. The van der Waals surface area contributed by atoms with Gasteiger partial charge in [-0.25, -0.2) is 15.0 Å². The SMILES string of the molecule is CC(=O)N[C@@H]1C/C=C\COCc2ccc(Br)nc2NC(=O)[C@@H]2C[C@]3(C[C@H]3N2C(=O)Cn2nc(C(C)=O)c3cc(-c4cnc(C)nc4)ccc32)CN(C)C1=O. The summed E-state index contributed by atoms with van der Waals surface area (Å²) in [4.78, 5) is 83.5. The number of ketones is 1. The molecule has 1 spiro atoms. The van der Waals surface area contributed by atoms with Crippen LogP contribution < -0.4 is 10.6 Å². The Morgan fingerprint density at radius 2 is 1.83 bits per heavy atom. The van der Waals surface area contributed by atoms with E-state index in [0.717, 1.165) is 11.1 Å². The van der Waals surface area contributed by atoms with Gasteiger partial charge in [0, 0.05) is 67.8 Å². The molecule has 16 heteroatoms. The van der Waals surface area contributed by atoms with E-state index >= 15 is 0 Å². The number of nitrogens with one attached hydrogen (secondary N) is 2. The second kappa shape index (κ2) is 14.8. The molecule has 15 nitrogen and oxygen atoms in total. The topological polar surface area (TPSA) is 182 Å². The van der Waals surface area contributed by atoms with Crippen molar-refractivity contribution in [3.8, 4) is 11.1 Å². The van der Waals surface area contributed by atoms with E-state index in [9.17, 15) is 24.0 Å². The summed E-state index contributed by atoms with van der Waals surface area (Å²) in [6.45, 7) is 5.01. The standard InChI is InChI=1S/C38H40BrN9O6/c1-21(49)34-27-13-24(26-16-40-22(2)41-17-26)8-10-29(27)47(45-34)18-33(51)48-30-14-38(15-31(38)48)20-46(4)37(53)28(42-23(3)50)7-5-6-12-54-19-25-9-11-32(39)43-35(25)44-36(30)52/h5-6,8-11,13,16-17,28,30-31H,7,12,14-15,18-20H2,1-4H3,(H,42,50)(H,43,44,52)/b6-5-/t28-,30+,31-,38+/m1/s1. The molecule has 1 saturated carbocycles. The Balaban J connectivity index is 1.22. The highest BCUT2D eigenvalue weighted by Gasteiger charge is 2.67. The van der Waals surface area contributed by atoms with Crippen LogP contribution in [0.3, 0.4) is 0 Å². The van der Waals surface area contributed by atoms with Crippen LogP contribution in [0.25, 0.3) is 22.0 Å². The minimum Gasteiger partial charge on any atom is -0.373 e. The van der Waals surface area contributed by atoms with Gasteiger partial charge in [-0.3, -0.25) is 28.7 Å². The van der Waals surface area contributed by atoms with Gasteiger partial charge in [-0.15, -0.1) is 0 Å². The molecule has 2 fully saturated rings. The lowest BCUT2D eigenvalue weighted by Crippen LogP contribution is -2.48. The number of carbonyl (C=O) groups excluding carboxylic acids is 5. The van der Waals surface area contributed by atoms with Crippen LogP contribution in [0, 0.1) is 12.3 Å². The zero-order chi connectivity index (χ0) is 38.3. The number of halogens is 1. The number of anilines is 1. The van der Waals surface area contributed by atoms with E-state index < -0.39 is 23.4 Å². The molecule has 280 valence electrons. The average Bonchev–Trinajstić information content (AvgIpc) is 3.53.